The molecule has 94 valence electrons. The Labute approximate surface area is 99.3 Å². The van der Waals surface area contributed by atoms with Crippen LogP contribution in [0.3, 0.4) is 0 Å². The van der Waals surface area contributed by atoms with E-state index in [2.05, 4.69) is 0 Å². The molecule has 0 bridgehead atoms. The van der Waals surface area contributed by atoms with Crippen LogP contribution in [0.5, 0.6) is 0 Å². The topological polar surface area (TPSA) is 94.8 Å². The fourth-order valence-corrected chi connectivity index (χ4v) is 0.988. The van der Waals surface area contributed by atoms with Gasteiger partial charge in [-0.25, -0.2) is 0 Å². The highest BCUT2D eigenvalue weighted by molar-refractivity contribution is 5.75. The predicted octanol–water partition coefficient (Wildman–Crippen LogP) is 1.16. The number of aliphatic hydroxyl groups is 1. The van der Waals surface area contributed by atoms with Crippen molar-refractivity contribution in [2.75, 3.05) is 6.61 Å². The number of rotatable bonds is 5. The number of hydrogen-bond donors (Lipinski definition) is 3. The standard InChI is InChI=1S/C8H10O.C4H6O4/c9-7-6-8-4-2-1-3-5-8;5-3(6)1-2-4(7)8/h1-5,9H,6-7H2;1-2H2,(H,5,6)(H,7,8). The minimum Gasteiger partial charge on any atom is -0.481 e. The quantitative estimate of drug-likeness (QED) is 0.717. The van der Waals surface area contributed by atoms with Gasteiger partial charge in [-0.1, -0.05) is 30.3 Å². The second-order valence-electron chi connectivity index (χ2n) is 3.25. The van der Waals surface area contributed by atoms with E-state index in [1.807, 2.05) is 30.3 Å². The Morgan fingerprint density at radius 3 is 1.76 bits per heavy atom. The van der Waals surface area contributed by atoms with Crippen molar-refractivity contribution in [3.63, 3.8) is 0 Å². The van der Waals surface area contributed by atoms with Crippen LogP contribution in [0.2, 0.25) is 0 Å². The molecule has 3 N–H and O–H groups in total. The maximum Gasteiger partial charge on any atom is 0.303 e. The third-order valence-corrected chi connectivity index (χ3v) is 1.80. The summed E-state index contributed by atoms with van der Waals surface area (Å²) in [4.78, 5) is 19.3. The third kappa shape index (κ3) is 10.4. The van der Waals surface area contributed by atoms with E-state index in [0.29, 0.717) is 0 Å². The normalized spacial score (nSPS) is 9.00. The van der Waals surface area contributed by atoms with Crippen LogP contribution >= 0.6 is 0 Å². The molecule has 0 saturated heterocycles. The summed E-state index contributed by atoms with van der Waals surface area (Å²) in [7, 11) is 0. The molecule has 1 aromatic rings. The van der Waals surface area contributed by atoms with Gasteiger partial charge < -0.3 is 15.3 Å². The first-order chi connectivity index (χ1) is 8.06. The van der Waals surface area contributed by atoms with Crippen LogP contribution in [0, 0.1) is 0 Å². The first-order valence-electron chi connectivity index (χ1n) is 5.14. The van der Waals surface area contributed by atoms with E-state index in [0.717, 1.165) is 6.42 Å². The maximum absolute atomic E-state index is 9.64. The molecule has 0 heterocycles. The summed E-state index contributed by atoms with van der Waals surface area (Å²) in [6.07, 6.45) is 0.172. The largest absolute Gasteiger partial charge is 0.481 e. The fourth-order valence-electron chi connectivity index (χ4n) is 0.988. The molecule has 0 atom stereocenters. The molecule has 0 aliphatic carbocycles. The molecule has 5 nitrogen and oxygen atoms in total. The molecule has 1 rings (SSSR count). The molecule has 0 radical (unpaired) electrons. The lowest BCUT2D eigenvalue weighted by molar-refractivity contribution is -0.143. The predicted molar refractivity (Wildman–Crippen MR) is 61.7 cm³/mol. The van der Waals surface area contributed by atoms with E-state index < -0.39 is 11.9 Å². The van der Waals surface area contributed by atoms with E-state index in [-0.39, 0.29) is 19.4 Å². The Kier molecular flexibility index (Phi) is 8.32. The first kappa shape index (κ1) is 15.1. The van der Waals surface area contributed by atoms with E-state index in [4.69, 9.17) is 15.3 Å². The summed E-state index contributed by atoms with van der Waals surface area (Å²) in [5.74, 6) is -2.15. The number of hydrogen-bond acceptors (Lipinski definition) is 3. The van der Waals surface area contributed by atoms with Crippen molar-refractivity contribution >= 4 is 11.9 Å². The second kappa shape index (κ2) is 9.35. The number of aliphatic hydroxyl groups excluding tert-OH is 1. The van der Waals surface area contributed by atoms with E-state index >= 15 is 0 Å². The van der Waals surface area contributed by atoms with Crippen LogP contribution in [0.1, 0.15) is 18.4 Å². The number of carbonyl (C=O) groups is 2. The zero-order valence-electron chi connectivity index (χ0n) is 9.37. The summed E-state index contributed by atoms with van der Waals surface area (Å²) in [5.41, 5.74) is 1.19. The van der Waals surface area contributed by atoms with Crippen molar-refractivity contribution in [2.45, 2.75) is 19.3 Å². The van der Waals surface area contributed by atoms with Crippen LogP contribution in [0.25, 0.3) is 0 Å². The van der Waals surface area contributed by atoms with Crippen molar-refractivity contribution in [3.8, 4) is 0 Å². The average molecular weight is 240 g/mol. The molecular weight excluding hydrogens is 224 g/mol. The molecule has 0 amide bonds. The van der Waals surface area contributed by atoms with Gasteiger partial charge in [0.05, 0.1) is 12.8 Å². The fraction of sp³-hybridized carbons (Fsp3) is 0.333. The zero-order chi connectivity index (χ0) is 13.1. The van der Waals surface area contributed by atoms with Gasteiger partial charge in [0.1, 0.15) is 0 Å². The molecule has 0 saturated carbocycles. The summed E-state index contributed by atoms with van der Waals surface area (Å²) in [6, 6.07) is 9.95. The van der Waals surface area contributed by atoms with Crippen molar-refractivity contribution in [1.82, 2.24) is 0 Å². The summed E-state index contributed by atoms with van der Waals surface area (Å²) in [5, 5.41) is 24.3. The van der Waals surface area contributed by atoms with Crippen molar-refractivity contribution < 1.29 is 24.9 Å². The van der Waals surface area contributed by atoms with Gasteiger partial charge >= 0.3 is 11.9 Å². The number of carboxylic acids is 2. The van der Waals surface area contributed by atoms with Crippen LogP contribution < -0.4 is 0 Å². The SMILES string of the molecule is O=C(O)CCC(=O)O.OCCc1ccccc1. The average Bonchev–Trinajstić information content (AvgIpc) is 2.29. The smallest absolute Gasteiger partial charge is 0.303 e. The van der Waals surface area contributed by atoms with Gasteiger partial charge in [0.25, 0.3) is 0 Å². The molecule has 17 heavy (non-hydrogen) atoms. The summed E-state index contributed by atoms with van der Waals surface area (Å²) in [6.45, 7) is 0.240. The van der Waals surface area contributed by atoms with Crippen LogP contribution in [0.4, 0.5) is 0 Å². The molecular formula is C12H16O5. The lowest BCUT2D eigenvalue weighted by Gasteiger charge is -1.93. The second-order valence-corrected chi connectivity index (χ2v) is 3.25. The first-order valence-corrected chi connectivity index (χ1v) is 5.14. The molecule has 5 heteroatoms. The van der Waals surface area contributed by atoms with Crippen LogP contribution in [-0.2, 0) is 16.0 Å². The highest BCUT2D eigenvalue weighted by atomic mass is 16.4. The Balaban J connectivity index is 0.000000304. The highest BCUT2D eigenvalue weighted by Crippen LogP contribution is 1.97. The maximum atomic E-state index is 9.64. The minimum atomic E-state index is -1.08. The lowest BCUT2D eigenvalue weighted by Crippen LogP contribution is -2.00. The van der Waals surface area contributed by atoms with Gasteiger partial charge in [0, 0.05) is 6.61 Å². The molecule has 1 aromatic carbocycles. The molecule has 0 aliphatic heterocycles. The molecule has 0 aliphatic rings. The van der Waals surface area contributed by atoms with Gasteiger partial charge in [-0.2, -0.15) is 0 Å². The number of carboxylic acid groups (broad SMARTS) is 2. The van der Waals surface area contributed by atoms with E-state index in [1.54, 1.807) is 0 Å². The van der Waals surface area contributed by atoms with Crippen molar-refractivity contribution in [3.05, 3.63) is 35.9 Å². The highest BCUT2D eigenvalue weighted by Gasteiger charge is 2.00. The Hall–Kier alpha value is -1.88. The zero-order valence-corrected chi connectivity index (χ0v) is 9.37. The monoisotopic (exact) mass is 240 g/mol. The van der Waals surface area contributed by atoms with Gasteiger partial charge in [0.2, 0.25) is 0 Å². The molecule has 0 fully saturated rings. The summed E-state index contributed by atoms with van der Waals surface area (Å²) < 4.78 is 0. The van der Waals surface area contributed by atoms with Crippen molar-refractivity contribution in [1.29, 1.82) is 0 Å². The number of aliphatic carboxylic acids is 2. The van der Waals surface area contributed by atoms with Crippen LogP contribution in [-0.4, -0.2) is 33.9 Å². The van der Waals surface area contributed by atoms with E-state index in [9.17, 15) is 9.59 Å². The molecule has 0 unspecified atom stereocenters. The minimum absolute atomic E-state index is 0.240. The van der Waals surface area contributed by atoms with E-state index in [1.165, 1.54) is 5.56 Å². The van der Waals surface area contributed by atoms with Gasteiger partial charge in [-0.05, 0) is 12.0 Å². The Bertz CT molecular complexity index is 320. The van der Waals surface area contributed by atoms with Crippen LogP contribution in [0.15, 0.2) is 30.3 Å². The van der Waals surface area contributed by atoms with Gasteiger partial charge in [0.15, 0.2) is 0 Å². The van der Waals surface area contributed by atoms with Gasteiger partial charge in [-0.3, -0.25) is 9.59 Å². The Morgan fingerprint density at radius 1 is 0.941 bits per heavy atom. The summed E-state index contributed by atoms with van der Waals surface area (Å²) >= 11 is 0. The van der Waals surface area contributed by atoms with Crippen molar-refractivity contribution in [2.24, 2.45) is 0 Å². The molecule has 0 spiro atoms. The van der Waals surface area contributed by atoms with Gasteiger partial charge in [-0.15, -0.1) is 0 Å². The Morgan fingerprint density at radius 2 is 1.41 bits per heavy atom. The third-order valence-electron chi connectivity index (χ3n) is 1.80. The number of benzene rings is 1. The lowest BCUT2D eigenvalue weighted by atomic mass is 10.2. The molecule has 0 aromatic heterocycles.